The summed E-state index contributed by atoms with van der Waals surface area (Å²) in [5.74, 6) is 0.651. The number of nitrogens with zero attached hydrogens (tertiary/aromatic N) is 2. The third-order valence-corrected chi connectivity index (χ3v) is 6.10. The Hall–Kier alpha value is -2.57. The number of rotatable bonds is 4. The van der Waals surface area contributed by atoms with Gasteiger partial charge in [-0.15, -0.1) is 0 Å². The number of benzene rings is 2. The molecule has 2 aromatic carbocycles. The molecule has 1 fully saturated rings. The summed E-state index contributed by atoms with van der Waals surface area (Å²) in [5.41, 5.74) is 3.36. The van der Waals surface area contributed by atoms with Crippen molar-refractivity contribution in [2.24, 2.45) is 0 Å². The number of para-hydroxylation sites is 1. The quantitative estimate of drug-likeness (QED) is 0.530. The molecule has 2 aromatic rings. The molecule has 2 aliphatic rings. The minimum atomic E-state index is -0.0936. The van der Waals surface area contributed by atoms with Gasteiger partial charge in [-0.2, -0.15) is 0 Å². The summed E-state index contributed by atoms with van der Waals surface area (Å²) in [6, 6.07) is 15.8. The van der Waals surface area contributed by atoms with Gasteiger partial charge in [0.05, 0.1) is 17.7 Å². The first-order valence-electron chi connectivity index (χ1n) is 9.11. The van der Waals surface area contributed by atoms with Crippen molar-refractivity contribution < 1.29 is 9.53 Å². The van der Waals surface area contributed by atoms with Gasteiger partial charge in [-0.05, 0) is 60.9 Å². The normalized spacial score (nSPS) is 18.2. The van der Waals surface area contributed by atoms with Gasteiger partial charge in [-0.25, -0.2) is 0 Å². The van der Waals surface area contributed by atoms with E-state index in [-0.39, 0.29) is 5.91 Å². The molecule has 0 N–H and O–H groups in total. The summed E-state index contributed by atoms with van der Waals surface area (Å²) in [7, 11) is 1.62. The van der Waals surface area contributed by atoms with Crippen LogP contribution >= 0.6 is 24.0 Å². The lowest BCUT2D eigenvalue weighted by molar-refractivity contribution is -0.113. The van der Waals surface area contributed by atoms with Crippen LogP contribution in [0.4, 0.5) is 11.4 Å². The molecule has 0 aromatic heterocycles. The van der Waals surface area contributed by atoms with Crippen LogP contribution in [0.15, 0.2) is 71.8 Å². The van der Waals surface area contributed by atoms with Crippen LogP contribution in [-0.4, -0.2) is 23.9 Å². The number of carbonyl (C=O) groups excluding carboxylic acids is 1. The smallest absolute Gasteiger partial charge is 0.270 e. The first-order valence-corrected chi connectivity index (χ1v) is 10.3. The Labute approximate surface area is 174 Å². The summed E-state index contributed by atoms with van der Waals surface area (Å²) < 4.78 is 5.72. The Morgan fingerprint density at radius 1 is 1.14 bits per heavy atom. The van der Waals surface area contributed by atoms with E-state index in [0.29, 0.717) is 9.23 Å². The summed E-state index contributed by atoms with van der Waals surface area (Å²) >= 11 is 6.75. The maximum atomic E-state index is 12.8. The van der Waals surface area contributed by atoms with E-state index in [0.717, 1.165) is 30.8 Å². The minimum Gasteiger partial charge on any atom is -0.497 e. The number of allylic oxidation sites excluding steroid dienone is 2. The molecule has 0 radical (unpaired) electrons. The third-order valence-electron chi connectivity index (χ3n) is 4.78. The summed E-state index contributed by atoms with van der Waals surface area (Å²) in [6.45, 7) is 0.980. The maximum Gasteiger partial charge on any atom is 0.270 e. The van der Waals surface area contributed by atoms with Crippen LogP contribution < -0.4 is 14.5 Å². The van der Waals surface area contributed by atoms with Crippen molar-refractivity contribution in [1.29, 1.82) is 0 Å². The molecule has 2 heterocycles. The Morgan fingerprint density at radius 2 is 1.93 bits per heavy atom. The van der Waals surface area contributed by atoms with Crippen LogP contribution in [0, 0.1) is 0 Å². The summed E-state index contributed by atoms with van der Waals surface area (Å²) in [6.07, 6.45) is 8.06. The highest BCUT2D eigenvalue weighted by atomic mass is 32.2. The molecule has 142 valence electrons. The van der Waals surface area contributed by atoms with Gasteiger partial charge in [-0.3, -0.25) is 9.69 Å². The van der Waals surface area contributed by atoms with Crippen LogP contribution in [-0.2, 0) is 11.2 Å². The first kappa shape index (κ1) is 18.8. The molecule has 4 rings (SSSR count). The summed E-state index contributed by atoms with van der Waals surface area (Å²) in [5, 5.41) is 0. The average Bonchev–Trinajstić information content (AvgIpc) is 3.01. The predicted octanol–water partition coefficient (Wildman–Crippen LogP) is 4.91. The van der Waals surface area contributed by atoms with Crippen LogP contribution in [0.2, 0.25) is 0 Å². The number of fused-ring (bicyclic) bond motifs is 1. The van der Waals surface area contributed by atoms with Gasteiger partial charge in [0.2, 0.25) is 0 Å². The standard InChI is InChI=1S/C22H20N2O2S2/c1-26-18-12-10-17(11-13-18)24-21(25)20(28-22(24)27)9-5-15-23-14-4-7-16-6-2-3-8-19(16)23/h2-3,5-6,8-13,15H,4,7,14H2,1H3/b15-5+,20-9+. The van der Waals surface area contributed by atoms with Gasteiger partial charge in [-0.1, -0.05) is 42.2 Å². The second-order valence-electron chi connectivity index (χ2n) is 6.50. The molecule has 0 bridgehead atoms. The fourth-order valence-electron chi connectivity index (χ4n) is 3.39. The molecule has 28 heavy (non-hydrogen) atoms. The molecule has 0 spiro atoms. The second kappa shape index (κ2) is 8.20. The van der Waals surface area contributed by atoms with Gasteiger partial charge in [0.25, 0.3) is 5.91 Å². The highest BCUT2D eigenvalue weighted by Crippen LogP contribution is 2.35. The lowest BCUT2D eigenvalue weighted by Crippen LogP contribution is -2.27. The lowest BCUT2D eigenvalue weighted by Gasteiger charge is -2.27. The van der Waals surface area contributed by atoms with Crippen molar-refractivity contribution in [3.05, 3.63) is 77.4 Å². The molecule has 6 heteroatoms. The molecule has 2 aliphatic heterocycles. The zero-order valence-electron chi connectivity index (χ0n) is 15.5. The van der Waals surface area contributed by atoms with E-state index in [1.165, 1.54) is 23.0 Å². The molecule has 0 saturated carbocycles. The number of aryl methyl sites for hydroxylation is 1. The van der Waals surface area contributed by atoms with Crippen molar-refractivity contribution in [3.8, 4) is 5.75 Å². The van der Waals surface area contributed by atoms with Crippen molar-refractivity contribution in [2.45, 2.75) is 12.8 Å². The van der Waals surface area contributed by atoms with E-state index >= 15 is 0 Å². The Balaban J connectivity index is 1.51. The first-order chi connectivity index (χ1) is 13.7. The van der Waals surface area contributed by atoms with Gasteiger partial charge >= 0.3 is 0 Å². The van der Waals surface area contributed by atoms with E-state index in [9.17, 15) is 4.79 Å². The Kier molecular flexibility index (Phi) is 5.50. The number of thioether (sulfide) groups is 1. The van der Waals surface area contributed by atoms with Crippen LogP contribution in [0.5, 0.6) is 5.75 Å². The highest BCUT2D eigenvalue weighted by Gasteiger charge is 2.32. The molecular weight excluding hydrogens is 388 g/mol. The van der Waals surface area contributed by atoms with Crippen molar-refractivity contribution in [3.63, 3.8) is 0 Å². The number of carbonyl (C=O) groups is 1. The largest absolute Gasteiger partial charge is 0.497 e. The fourth-order valence-corrected chi connectivity index (χ4v) is 4.64. The maximum absolute atomic E-state index is 12.8. The number of hydrogen-bond donors (Lipinski definition) is 0. The van der Waals surface area contributed by atoms with E-state index in [1.807, 2.05) is 42.6 Å². The van der Waals surface area contributed by atoms with Gasteiger partial charge < -0.3 is 9.64 Å². The SMILES string of the molecule is COc1ccc(N2C(=O)/C(=C\C=C\N3CCCc4ccccc43)SC2=S)cc1. The number of amides is 1. The zero-order chi connectivity index (χ0) is 19.5. The van der Waals surface area contributed by atoms with E-state index in [4.69, 9.17) is 17.0 Å². The van der Waals surface area contributed by atoms with Crippen molar-refractivity contribution in [1.82, 2.24) is 0 Å². The van der Waals surface area contributed by atoms with Gasteiger partial charge in [0, 0.05) is 18.4 Å². The molecule has 0 aliphatic carbocycles. The number of thiocarbonyl (C=S) groups is 1. The van der Waals surface area contributed by atoms with Gasteiger partial charge in [0.15, 0.2) is 4.32 Å². The Morgan fingerprint density at radius 3 is 2.71 bits per heavy atom. The van der Waals surface area contributed by atoms with Gasteiger partial charge in [0.1, 0.15) is 5.75 Å². The van der Waals surface area contributed by atoms with E-state index < -0.39 is 0 Å². The second-order valence-corrected chi connectivity index (χ2v) is 8.18. The molecule has 1 amide bonds. The van der Waals surface area contributed by atoms with Crippen molar-refractivity contribution in [2.75, 3.05) is 23.5 Å². The van der Waals surface area contributed by atoms with Crippen LogP contribution in [0.3, 0.4) is 0 Å². The number of methoxy groups -OCH3 is 1. The lowest BCUT2D eigenvalue weighted by atomic mass is 10.0. The predicted molar refractivity (Wildman–Crippen MR) is 120 cm³/mol. The number of ether oxygens (including phenoxy) is 1. The minimum absolute atomic E-state index is 0.0936. The molecule has 1 saturated heterocycles. The third kappa shape index (κ3) is 3.70. The number of anilines is 2. The fraction of sp³-hybridized carbons (Fsp3) is 0.182. The molecular formula is C22H20N2O2S2. The Bertz CT molecular complexity index is 967. The molecule has 0 unspecified atom stereocenters. The van der Waals surface area contributed by atoms with Crippen LogP contribution in [0.25, 0.3) is 0 Å². The highest BCUT2D eigenvalue weighted by molar-refractivity contribution is 8.27. The zero-order valence-corrected chi connectivity index (χ0v) is 17.1. The summed E-state index contributed by atoms with van der Waals surface area (Å²) in [4.78, 5) is 17.2. The van der Waals surface area contributed by atoms with Crippen LogP contribution in [0.1, 0.15) is 12.0 Å². The van der Waals surface area contributed by atoms with E-state index in [1.54, 1.807) is 12.0 Å². The number of hydrogen-bond acceptors (Lipinski definition) is 5. The molecule has 0 atom stereocenters. The topological polar surface area (TPSA) is 32.8 Å². The average molecular weight is 409 g/mol. The monoisotopic (exact) mass is 408 g/mol. The molecule has 4 nitrogen and oxygen atoms in total. The van der Waals surface area contributed by atoms with Crippen molar-refractivity contribution >= 4 is 45.6 Å². The van der Waals surface area contributed by atoms with E-state index in [2.05, 4.69) is 29.2 Å².